The minimum Gasteiger partial charge on any atom is -0.494 e. The maximum absolute atomic E-state index is 6.26. The summed E-state index contributed by atoms with van der Waals surface area (Å²) in [6.07, 6.45) is 4.07. The van der Waals surface area contributed by atoms with E-state index in [2.05, 4.69) is 31.2 Å². The zero-order valence-electron chi connectivity index (χ0n) is 15.9. The number of ether oxygens (including phenoxy) is 4. The third-order valence-corrected chi connectivity index (χ3v) is 5.27. The van der Waals surface area contributed by atoms with Gasteiger partial charge in [-0.25, -0.2) is 0 Å². The third kappa shape index (κ3) is 4.52. The molecule has 2 saturated heterocycles. The van der Waals surface area contributed by atoms with E-state index in [1.165, 1.54) is 5.56 Å². The molecule has 2 aliphatic rings. The SMILES string of the molecule is CCCCOc1ccc([C@@H]2OC[C@H]3O[C@@H](c4ccccc4)CC[C@@H]3O2)cc1. The van der Waals surface area contributed by atoms with Crippen LogP contribution in [0, 0.1) is 0 Å². The molecule has 0 aromatic heterocycles. The largest absolute Gasteiger partial charge is 0.494 e. The molecule has 0 aliphatic carbocycles. The summed E-state index contributed by atoms with van der Waals surface area (Å²) in [6, 6.07) is 18.5. The number of hydrogen-bond acceptors (Lipinski definition) is 4. The molecule has 4 rings (SSSR count). The lowest BCUT2D eigenvalue weighted by Gasteiger charge is -2.42. The fraction of sp³-hybridized carbons (Fsp3) is 0.478. The molecule has 0 bridgehead atoms. The minimum atomic E-state index is -0.326. The lowest BCUT2D eigenvalue weighted by atomic mass is 9.96. The van der Waals surface area contributed by atoms with E-state index in [1.807, 2.05) is 30.3 Å². The van der Waals surface area contributed by atoms with Crippen LogP contribution < -0.4 is 4.74 Å². The van der Waals surface area contributed by atoms with Crippen LogP contribution in [-0.2, 0) is 14.2 Å². The highest BCUT2D eigenvalue weighted by atomic mass is 16.7. The molecule has 0 saturated carbocycles. The van der Waals surface area contributed by atoms with Crippen LogP contribution in [0.15, 0.2) is 54.6 Å². The Morgan fingerprint density at radius 2 is 1.70 bits per heavy atom. The average Bonchev–Trinajstić information content (AvgIpc) is 2.74. The van der Waals surface area contributed by atoms with E-state index in [9.17, 15) is 0 Å². The van der Waals surface area contributed by atoms with Crippen LogP contribution >= 0.6 is 0 Å². The summed E-state index contributed by atoms with van der Waals surface area (Å²) in [4.78, 5) is 0. The van der Waals surface area contributed by atoms with Crippen molar-refractivity contribution in [2.24, 2.45) is 0 Å². The molecule has 2 fully saturated rings. The maximum Gasteiger partial charge on any atom is 0.184 e. The first-order valence-electron chi connectivity index (χ1n) is 10.0. The lowest BCUT2D eigenvalue weighted by Crippen LogP contribution is -2.45. The molecule has 0 N–H and O–H groups in total. The van der Waals surface area contributed by atoms with Crippen LogP contribution in [0.3, 0.4) is 0 Å². The highest BCUT2D eigenvalue weighted by Gasteiger charge is 2.38. The maximum atomic E-state index is 6.26. The first-order chi connectivity index (χ1) is 13.3. The van der Waals surface area contributed by atoms with Crippen molar-refractivity contribution in [3.8, 4) is 5.75 Å². The van der Waals surface area contributed by atoms with Crippen molar-refractivity contribution < 1.29 is 18.9 Å². The molecule has 0 unspecified atom stereocenters. The van der Waals surface area contributed by atoms with E-state index in [0.717, 1.165) is 43.6 Å². The Bertz CT molecular complexity index is 700. The first kappa shape index (κ1) is 18.5. The van der Waals surface area contributed by atoms with Crippen molar-refractivity contribution in [2.45, 2.75) is 57.2 Å². The fourth-order valence-corrected chi connectivity index (χ4v) is 3.69. The zero-order chi connectivity index (χ0) is 18.5. The van der Waals surface area contributed by atoms with Crippen LogP contribution in [0.1, 0.15) is 56.1 Å². The molecule has 0 amide bonds. The second-order valence-electron chi connectivity index (χ2n) is 7.26. The van der Waals surface area contributed by atoms with Gasteiger partial charge in [0.1, 0.15) is 11.9 Å². The molecule has 0 spiro atoms. The van der Waals surface area contributed by atoms with Gasteiger partial charge < -0.3 is 18.9 Å². The van der Waals surface area contributed by atoms with E-state index in [0.29, 0.717) is 6.61 Å². The highest BCUT2D eigenvalue weighted by molar-refractivity contribution is 5.28. The summed E-state index contributed by atoms with van der Waals surface area (Å²) in [5.74, 6) is 0.896. The van der Waals surface area contributed by atoms with Crippen LogP contribution in [0.5, 0.6) is 5.75 Å². The van der Waals surface area contributed by atoms with Gasteiger partial charge in [0, 0.05) is 5.56 Å². The number of hydrogen-bond donors (Lipinski definition) is 0. The van der Waals surface area contributed by atoms with Gasteiger partial charge in [0.15, 0.2) is 6.29 Å². The van der Waals surface area contributed by atoms with Gasteiger partial charge in [-0.05, 0) is 37.0 Å². The van der Waals surface area contributed by atoms with Crippen LogP contribution in [0.25, 0.3) is 0 Å². The van der Waals surface area contributed by atoms with Gasteiger partial charge in [-0.3, -0.25) is 0 Å². The number of fused-ring (bicyclic) bond motifs is 1. The Hall–Kier alpha value is -1.88. The minimum absolute atomic E-state index is 0.00291. The Kier molecular flexibility index (Phi) is 6.07. The summed E-state index contributed by atoms with van der Waals surface area (Å²) in [5.41, 5.74) is 2.26. The van der Waals surface area contributed by atoms with E-state index >= 15 is 0 Å². The van der Waals surface area contributed by atoms with Crippen LogP contribution in [0.4, 0.5) is 0 Å². The Balaban J connectivity index is 1.33. The van der Waals surface area contributed by atoms with Gasteiger partial charge in [0.05, 0.1) is 25.4 Å². The topological polar surface area (TPSA) is 36.9 Å². The quantitative estimate of drug-likeness (QED) is 0.657. The smallest absolute Gasteiger partial charge is 0.184 e. The molecule has 2 heterocycles. The van der Waals surface area contributed by atoms with Crippen molar-refractivity contribution in [3.63, 3.8) is 0 Å². The fourth-order valence-electron chi connectivity index (χ4n) is 3.69. The second kappa shape index (κ2) is 8.87. The van der Waals surface area contributed by atoms with Gasteiger partial charge in [-0.2, -0.15) is 0 Å². The van der Waals surface area contributed by atoms with Gasteiger partial charge in [-0.1, -0.05) is 55.8 Å². The Morgan fingerprint density at radius 3 is 2.48 bits per heavy atom. The van der Waals surface area contributed by atoms with Gasteiger partial charge in [0.25, 0.3) is 0 Å². The normalized spacial score (nSPS) is 27.7. The molecular formula is C23H28O4. The molecule has 4 heteroatoms. The first-order valence-corrected chi connectivity index (χ1v) is 10.0. The highest BCUT2D eigenvalue weighted by Crippen LogP contribution is 2.38. The molecule has 4 nitrogen and oxygen atoms in total. The Labute approximate surface area is 161 Å². The van der Waals surface area contributed by atoms with Crippen molar-refractivity contribution in [3.05, 3.63) is 65.7 Å². The van der Waals surface area contributed by atoms with E-state index in [1.54, 1.807) is 0 Å². The monoisotopic (exact) mass is 368 g/mol. The molecule has 4 atom stereocenters. The summed E-state index contributed by atoms with van der Waals surface area (Å²) in [5, 5.41) is 0. The summed E-state index contributed by atoms with van der Waals surface area (Å²) in [6.45, 7) is 3.48. The molecule has 2 aromatic rings. The molecule has 144 valence electrons. The van der Waals surface area contributed by atoms with E-state index in [4.69, 9.17) is 18.9 Å². The summed E-state index contributed by atoms with van der Waals surface area (Å²) >= 11 is 0. The number of benzene rings is 2. The second-order valence-corrected chi connectivity index (χ2v) is 7.26. The predicted octanol–water partition coefficient (Wildman–Crippen LogP) is 5.20. The standard InChI is InChI=1S/C23H28O4/c1-2-3-15-24-19-11-9-18(10-12-19)23-25-16-22-21(27-23)14-13-20(26-22)17-7-5-4-6-8-17/h4-12,20-23H,2-3,13-16H2,1H3/t20-,21+,22-,23-/m1/s1. The zero-order valence-corrected chi connectivity index (χ0v) is 15.9. The predicted molar refractivity (Wildman–Crippen MR) is 104 cm³/mol. The molecule has 2 aromatic carbocycles. The van der Waals surface area contributed by atoms with E-state index in [-0.39, 0.29) is 24.6 Å². The molecule has 0 radical (unpaired) electrons. The van der Waals surface area contributed by atoms with Crippen LogP contribution in [0.2, 0.25) is 0 Å². The van der Waals surface area contributed by atoms with Gasteiger partial charge in [-0.15, -0.1) is 0 Å². The van der Waals surface area contributed by atoms with Crippen molar-refractivity contribution in [1.29, 1.82) is 0 Å². The number of unbranched alkanes of at least 4 members (excludes halogenated alkanes) is 1. The molecule has 27 heavy (non-hydrogen) atoms. The van der Waals surface area contributed by atoms with Crippen molar-refractivity contribution in [2.75, 3.05) is 13.2 Å². The average molecular weight is 368 g/mol. The van der Waals surface area contributed by atoms with E-state index < -0.39 is 0 Å². The van der Waals surface area contributed by atoms with Crippen molar-refractivity contribution in [1.82, 2.24) is 0 Å². The third-order valence-electron chi connectivity index (χ3n) is 5.27. The summed E-state index contributed by atoms with van der Waals surface area (Å²) in [7, 11) is 0. The molecule has 2 aliphatic heterocycles. The Morgan fingerprint density at radius 1 is 0.889 bits per heavy atom. The van der Waals surface area contributed by atoms with Crippen LogP contribution in [-0.4, -0.2) is 25.4 Å². The van der Waals surface area contributed by atoms with Gasteiger partial charge in [0.2, 0.25) is 0 Å². The van der Waals surface area contributed by atoms with Crippen molar-refractivity contribution >= 4 is 0 Å². The lowest BCUT2D eigenvalue weighted by molar-refractivity contribution is -0.289. The van der Waals surface area contributed by atoms with Gasteiger partial charge >= 0.3 is 0 Å². The number of rotatable bonds is 6. The summed E-state index contributed by atoms with van der Waals surface area (Å²) < 4.78 is 24.2. The molecular weight excluding hydrogens is 340 g/mol.